The largest absolute Gasteiger partial charge is 0.497 e. The van der Waals surface area contributed by atoms with Gasteiger partial charge in [0.2, 0.25) is 0 Å². The van der Waals surface area contributed by atoms with Crippen LogP contribution in [-0.2, 0) is 12.0 Å². The molecule has 2 aromatic rings. The lowest BCUT2D eigenvalue weighted by Gasteiger charge is -2.20. The minimum atomic E-state index is -0.988. The smallest absolute Gasteiger partial charge is 0.135 e. The highest BCUT2D eigenvalue weighted by molar-refractivity contribution is 5.28. The van der Waals surface area contributed by atoms with E-state index < -0.39 is 5.60 Å². The fraction of sp³-hybridized carbons (Fsp3) is 0.286. The predicted molar refractivity (Wildman–Crippen MR) is 65.0 cm³/mol. The van der Waals surface area contributed by atoms with Crippen molar-refractivity contribution in [3.8, 4) is 5.75 Å². The number of furan rings is 1. The summed E-state index contributed by atoms with van der Waals surface area (Å²) in [4.78, 5) is 0. The number of rotatable bonds is 4. The number of ether oxygens (including phenoxy) is 1. The molecular formula is C14H16O3. The van der Waals surface area contributed by atoms with E-state index in [1.807, 2.05) is 24.3 Å². The highest BCUT2D eigenvalue weighted by Crippen LogP contribution is 2.26. The molecule has 0 saturated heterocycles. The van der Waals surface area contributed by atoms with E-state index >= 15 is 0 Å². The van der Waals surface area contributed by atoms with Crippen molar-refractivity contribution in [2.45, 2.75) is 18.9 Å². The molecule has 2 rings (SSSR count). The molecule has 0 aliphatic rings. The topological polar surface area (TPSA) is 42.6 Å². The van der Waals surface area contributed by atoms with Crippen molar-refractivity contribution in [2.75, 3.05) is 7.11 Å². The summed E-state index contributed by atoms with van der Waals surface area (Å²) in [7, 11) is 1.63. The van der Waals surface area contributed by atoms with Crippen molar-refractivity contribution in [3.63, 3.8) is 0 Å². The third-order valence-electron chi connectivity index (χ3n) is 2.76. The van der Waals surface area contributed by atoms with Crippen LogP contribution in [0.2, 0.25) is 0 Å². The zero-order valence-electron chi connectivity index (χ0n) is 10.0. The van der Waals surface area contributed by atoms with E-state index in [1.165, 1.54) is 0 Å². The monoisotopic (exact) mass is 232 g/mol. The van der Waals surface area contributed by atoms with Crippen molar-refractivity contribution in [2.24, 2.45) is 0 Å². The van der Waals surface area contributed by atoms with Gasteiger partial charge in [-0.25, -0.2) is 0 Å². The van der Waals surface area contributed by atoms with Crippen LogP contribution in [0.1, 0.15) is 18.2 Å². The van der Waals surface area contributed by atoms with E-state index in [1.54, 1.807) is 32.4 Å². The zero-order chi connectivity index (χ0) is 12.3. The molecule has 1 aromatic carbocycles. The Balaban J connectivity index is 2.14. The van der Waals surface area contributed by atoms with Crippen molar-refractivity contribution in [1.29, 1.82) is 0 Å². The number of hydrogen-bond acceptors (Lipinski definition) is 3. The fourth-order valence-electron chi connectivity index (χ4n) is 1.81. The lowest BCUT2D eigenvalue weighted by molar-refractivity contribution is 0.0344. The van der Waals surface area contributed by atoms with Gasteiger partial charge in [0, 0.05) is 6.42 Å². The van der Waals surface area contributed by atoms with Crippen LogP contribution < -0.4 is 4.74 Å². The van der Waals surface area contributed by atoms with Crippen LogP contribution in [-0.4, -0.2) is 12.2 Å². The molecule has 0 saturated carbocycles. The second-order valence-electron chi connectivity index (χ2n) is 4.28. The minimum absolute atomic E-state index is 0.504. The van der Waals surface area contributed by atoms with Crippen LogP contribution in [0.4, 0.5) is 0 Å². The lowest BCUT2D eigenvalue weighted by Crippen LogP contribution is -2.23. The molecule has 1 unspecified atom stereocenters. The zero-order valence-corrected chi connectivity index (χ0v) is 10.0. The van der Waals surface area contributed by atoms with Gasteiger partial charge >= 0.3 is 0 Å². The van der Waals surface area contributed by atoms with Gasteiger partial charge in [-0.2, -0.15) is 0 Å². The Hall–Kier alpha value is -1.74. The number of aliphatic hydroxyl groups is 1. The Kier molecular flexibility index (Phi) is 3.20. The summed E-state index contributed by atoms with van der Waals surface area (Å²) in [5, 5.41) is 10.3. The maximum Gasteiger partial charge on any atom is 0.135 e. The van der Waals surface area contributed by atoms with Gasteiger partial charge in [0.1, 0.15) is 17.1 Å². The van der Waals surface area contributed by atoms with E-state index in [9.17, 15) is 5.11 Å². The van der Waals surface area contributed by atoms with Crippen LogP contribution >= 0.6 is 0 Å². The molecule has 1 atom stereocenters. The molecule has 0 radical (unpaired) electrons. The quantitative estimate of drug-likeness (QED) is 0.881. The van der Waals surface area contributed by atoms with Gasteiger partial charge in [-0.1, -0.05) is 12.1 Å². The van der Waals surface area contributed by atoms with Crippen LogP contribution in [0.3, 0.4) is 0 Å². The summed E-state index contributed by atoms with van der Waals surface area (Å²) in [6.07, 6.45) is 2.07. The van der Waals surface area contributed by atoms with Crippen LogP contribution in [0, 0.1) is 0 Å². The third-order valence-corrected chi connectivity index (χ3v) is 2.76. The molecule has 0 bridgehead atoms. The van der Waals surface area contributed by atoms with Crippen molar-refractivity contribution < 1.29 is 14.3 Å². The first-order chi connectivity index (χ1) is 8.12. The van der Waals surface area contributed by atoms with Gasteiger partial charge in [0.05, 0.1) is 13.4 Å². The third kappa shape index (κ3) is 2.68. The fourth-order valence-corrected chi connectivity index (χ4v) is 1.81. The van der Waals surface area contributed by atoms with Crippen LogP contribution in [0.25, 0.3) is 0 Å². The molecule has 90 valence electrons. The van der Waals surface area contributed by atoms with Gasteiger partial charge in [-0.3, -0.25) is 0 Å². The van der Waals surface area contributed by atoms with E-state index in [-0.39, 0.29) is 0 Å². The molecule has 3 heteroatoms. The van der Waals surface area contributed by atoms with E-state index in [2.05, 4.69) is 0 Å². The highest BCUT2D eigenvalue weighted by atomic mass is 16.5. The molecule has 1 heterocycles. The normalized spacial score (nSPS) is 14.3. The molecule has 17 heavy (non-hydrogen) atoms. The summed E-state index contributed by atoms with van der Waals surface area (Å²) in [6, 6.07) is 11.2. The molecule has 1 aromatic heterocycles. The Labute approximate surface area is 101 Å². The summed E-state index contributed by atoms with van der Waals surface area (Å²) in [5.41, 5.74) is 0.0464. The molecule has 0 amide bonds. The van der Waals surface area contributed by atoms with Crippen LogP contribution in [0.5, 0.6) is 5.75 Å². The highest BCUT2D eigenvalue weighted by Gasteiger charge is 2.26. The first-order valence-corrected chi connectivity index (χ1v) is 5.51. The number of hydrogen-bond donors (Lipinski definition) is 1. The van der Waals surface area contributed by atoms with Gasteiger partial charge in [-0.15, -0.1) is 0 Å². The summed E-state index contributed by atoms with van der Waals surface area (Å²) >= 11 is 0. The number of methoxy groups -OCH3 is 1. The summed E-state index contributed by atoms with van der Waals surface area (Å²) in [5.74, 6) is 1.39. The van der Waals surface area contributed by atoms with Gasteiger partial charge in [0.15, 0.2) is 0 Å². The molecule has 0 spiro atoms. The molecule has 1 N–H and O–H groups in total. The minimum Gasteiger partial charge on any atom is -0.497 e. The van der Waals surface area contributed by atoms with Gasteiger partial charge < -0.3 is 14.3 Å². The second-order valence-corrected chi connectivity index (χ2v) is 4.28. The average molecular weight is 232 g/mol. The molecule has 0 aliphatic heterocycles. The standard InChI is InChI=1S/C14H16O3/c1-14(15,13-4-3-9-17-13)10-11-5-7-12(16-2)8-6-11/h3-9,15H,10H2,1-2H3. The van der Waals surface area contributed by atoms with Crippen molar-refractivity contribution in [1.82, 2.24) is 0 Å². The summed E-state index contributed by atoms with van der Waals surface area (Å²) in [6.45, 7) is 1.75. The Bertz CT molecular complexity index is 455. The van der Waals surface area contributed by atoms with Crippen molar-refractivity contribution >= 4 is 0 Å². The predicted octanol–water partition coefficient (Wildman–Crippen LogP) is 2.74. The first kappa shape index (κ1) is 11.7. The molecular weight excluding hydrogens is 216 g/mol. The Morgan fingerprint density at radius 2 is 1.94 bits per heavy atom. The van der Waals surface area contributed by atoms with Crippen molar-refractivity contribution in [3.05, 3.63) is 54.0 Å². The Morgan fingerprint density at radius 3 is 2.47 bits per heavy atom. The SMILES string of the molecule is COc1ccc(CC(C)(O)c2ccco2)cc1. The maximum absolute atomic E-state index is 10.3. The molecule has 3 nitrogen and oxygen atoms in total. The average Bonchev–Trinajstić information content (AvgIpc) is 2.84. The van der Waals surface area contributed by atoms with E-state index in [0.717, 1.165) is 11.3 Å². The maximum atomic E-state index is 10.3. The van der Waals surface area contributed by atoms with Gasteiger partial charge in [0.25, 0.3) is 0 Å². The molecule has 0 aliphatic carbocycles. The van der Waals surface area contributed by atoms with Crippen LogP contribution in [0.15, 0.2) is 47.1 Å². The summed E-state index contributed by atoms with van der Waals surface area (Å²) < 4.78 is 10.3. The number of benzene rings is 1. The first-order valence-electron chi connectivity index (χ1n) is 5.51. The van der Waals surface area contributed by atoms with E-state index in [4.69, 9.17) is 9.15 Å². The lowest BCUT2D eigenvalue weighted by atomic mass is 9.94. The molecule has 0 fully saturated rings. The Morgan fingerprint density at radius 1 is 1.24 bits per heavy atom. The van der Waals surface area contributed by atoms with Gasteiger partial charge in [-0.05, 0) is 36.8 Å². The van der Waals surface area contributed by atoms with E-state index in [0.29, 0.717) is 12.2 Å². The second kappa shape index (κ2) is 4.63.